The molecule has 0 aliphatic carbocycles. The van der Waals surface area contributed by atoms with Crippen LogP contribution in [0, 0.1) is 0 Å². The van der Waals surface area contributed by atoms with Crippen LogP contribution in [0.2, 0.25) is 0 Å². The summed E-state index contributed by atoms with van der Waals surface area (Å²) in [7, 11) is 0. The van der Waals surface area contributed by atoms with E-state index >= 15 is 0 Å². The summed E-state index contributed by atoms with van der Waals surface area (Å²) in [5, 5.41) is 2.08. The molecule has 0 saturated carbocycles. The molecule has 3 aromatic heterocycles. The van der Waals surface area contributed by atoms with Crippen molar-refractivity contribution in [1.29, 1.82) is 0 Å². The first-order valence-electron chi connectivity index (χ1n) is 9.05. The van der Waals surface area contributed by atoms with Gasteiger partial charge in [0, 0.05) is 49.8 Å². The van der Waals surface area contributed by atoms with Crippen molar-refractivity contribution in [1.82, 2.24) is 24.8 Å². The molecule has 2 fully saturated rings. The molecule has 0 spiro atoms. The van der Waals surface area contributed by atoms with Gasteiger partial charge < -0.3 is 4.90 Å². The molecule has 5 heterocycles. The third kappa shape index (κ3) is 2.87. The minimum absolute atomic E-state index is 0.650. The number of rotatable bonds is 3. The Hall–Kier alpha value is -2.38. The maximum absolute atomic E-state index is 4.97. The van der Waals surface area contributed by atoms with Crippen LogP contribution in [-0.2, 0) is 0 Å². The fourth-order valence-corrected chi connectivity index (χ4v) is 4.65. The molecular formula is C19H20N6S. The SMILES string of the molecule is c1csc(-c2nc(N3CCN4CCCC4C3)ncc2-c2cnccn2)c1. The van der Waals surface area contributed by atoms with Gasteiger partial charge in [-0.05, 0) is 30.8 Å². The molecule has 26 heavy (non-hydrogen) atoms. The number of piperazine rings is 1. The number of anilines is 1. The van der Waals surface area contributed by atoms with E-state index < -0.39 is 0 Å². The molecule has 5 rings (SSSR count). The third-order valence-corrected chi connectivity index (χ3v) is 6.12. The van der Waals surface area contributed by atoms with Crippen LogP contribution in [0.25, 0.3) is 21.8 Å². The van der Waals surface area contributed by atoms with E-state index in [9.17, 15) is 0 Å². The quantitative estimate of drug-likeness (QED) is 0.712. The smallest absolute Gasteiger partial charge is 0.226 e. The van der Waals surface area contributed by atoms with Crippen LogP contribution in [0.4, 0.5) is 5.95 Å². The van der Waals surface area contributed by atoms with E-state index in [1.165, 1.54) is 19.4 Å². The highest BCUT2D eigenvalue weighted by Gasteiger charge is 2.31. The highest BCUT2D eigenvalue weighted by atomic mass is 32.1. The lowest BCUT2D eigenvalue weighted by Crippen LogP contribution is -2.50. The summed E-state index contributed by atoms with van der Waals surface area (Å²) in [5.41, 5.74) is 2.69. The number of hydrogen-bond acceptors (Lipinski definition) is 7. The van der Waals surface area contributed by atoms with E-state index in [2.05, 4.69) is 37.3 Å². The number of nitrogens with zero attached hydrogens (tertiary/aromatic N) is 6. The van der Waals surface area contributed by atoms with Gasteiger partial charge in [-0.3, -0.25) is 14.9 Å². The second kappa shape index (κ2) is 6.74. The van der Waals surface area contributed by atoms with Gasteiger partial charge in [0.05, 0.1) is 22.5 Å². The van der Waals surface area contributed by atoms with Crippen molar-refractivity contribution in [3.8, 4) is 21.8 Å². The van der Waals surface area contributed by atoms with Crippen LogP contribution in [0.1, 0.15) is 12.8 Å². The monoisotopic (exact) mass is 364 g/mol. The Bertz CT molecular complexity index is 882. The van der Waals surface area contributed by atoms with Gasteiger partial charge >= 0.3 is 0 Å². The van der Waals surface area contributed by atoms with Crippen molar-refractivity contribution < 1.29 is 0 Å². The Labute approximate surface area is 156 Å². The first-order valence-corrected chi connectivity index (χ1v) is 9.93. The van der Waals surface area contributed by atoms with E-state index in [1.54, 1.807) is 29.9 Å². The first kappa shape index (κ1) is 15.8. The summed E-state index contributed by atoms with van der Waals surface area (Å²) in [6.07, 6.45) is 9.66. The predicted octanol–water partition coefficient (Wildman–Crippen LogP) is 2.95. The fraction of sp³-hybridized carbons (Fsp3) is 0.368. The molecule has 0 bridgehead atoms. The normalized spacial score (nSPS) is 20.3. The molecule has 132 valence electrons. The van der Waals surface area contributed by atoms with Gasteiger partial charge in [0.25, 0.3) is 0 Å². The molecule has 0 radical (unpaired) electrons. The van der Waals surface area contributed by atoms with Gasteiger partial charge in [0.15, 0.2) is 0 Å². The Morgan fingerprint density at radius 1 is 1.08 bits per heavy atom. The third-order valence-electron chi connectivity index (χ3n) is 5.24. The molecule has 0 N–H and O–H groups in total. The summed E-state index contributed by atoms with van der Waals surface area (Å²) >= 11 is 1.69. The predicted molar refractivity (Wildman–Crippen MR) is 103 cm³/mol. The summed E-state index contributed by atoms with van der Waals surface area (Å²) in [4.78, 5) is 24.4. The summed E-state index contributed by atoms with van der Waals surface area (Å²) < 4.78 is 0. The van der Waals surface area contributed by atoms with Crippen molar-refractivity contribution in [3.05, 3.63) is 42.3 Å². The van der Waals surface area contributed by atoms with E-state index in [0.29, 0.717) is 6.04 Å². The number of aromatic nitrogens is 4. The lowest BCUT2D eigenvalue weighted by molar-refractivity contribution is 0.229. The molecule has 2 aliphatic rings. The highest BCUT2D eigenvalue weighted by molar-refractivity contribution is 7.13. The molecule has 2 saturated heterocycles. The van der Waals surface area contributed by atoms with Gasteiger partial charge in [-0.25, -0.2) is 9.97 Å². The number of hydrogen-bond donors (Lipinski definition) is 0. The standard InChI is InChI=1S/C19H20N6S/c1-3-14-13-25(9-8-24(14)7-1)19-22-11-15(16-12-20-5-6-21-16)18(23-19)17-4-2-10-26-17/h2,4-6,10-12,14H,1,3,7-9,13H2. The largest absolute Gasteiger partial charge is 0.338 e. The van der Waals surface area contributed by atoms with Crippen molar-refractivity contribution in [2.75, 3.05) is 31.1 Å². The van der Waals surface area contributed by atoms with Crippen LogP contribution in [0.5, 0.6) is 0 Å². The molecule has 2 aliphatic heterocycles. The summed E-state index contributed by atoms with van der Waals surface area (Å²) in [5.74, 6) is 0.826. The van der Waals surface area contributed by atoms with Crippen LogP contribution in [-0.4, -0.2) is 57.1 Å². The summed E-state index contributed by atoms with van der Waals surface area (Å²) in [6, 6.07) is 4.81. The Morgan fingerprint density at radius 2 is 2.08 bits per heavy atom. The molecular weight excluding hydrogens is 344 g/mol. The second-order valence-corrected chi connectivity index (χ2v) is 7.73. The molecule has 0 aromatic carbocycles. The zero-order valence-electron chi connectivity index (χ0n) is 14.5. The lowest BCUT2D eigenvalue weighted by Gasteiger charge is -2.37. The fourth-order valence-electron chi connectivity index (χ4n) is 3.92. The van der Waals surface area contributed by atoms with Gasteiger partial charge in [0.1, 0.15) is 0 Å². The molecule has 1 atom stereocenters. The van der Waals surface area contributed by atoms with Gasteiger partial charge in [-0.15, -0.1) is 11.3 Å². The van der Waals surface area contributed by atoms with E-state index in [-0.39, 0.29) is 0 Å². The van der Waals surface area contributed by atoms with E-state index in [1.807, 2.05) is 6.20 Å². The maximum atomic E-state index is 4.97. The molecule has 6 nitrogen and oxygen atoms in total. The Morgan fingerprint density at radius 3 is 2.92 bits per heavy atom. The van der Waals surface area contributed by atoms with Crippen molar-refractivity contribution in [2.45, 2.75) is 18.9 Å². The molecule has 3 aromatic rings. The van der Waals surface area contributed by atoms with Gasteiger partial charge in [-0.1, -0.05) is 6.07 Å². The minimum atomic E-state index is 0.650. The number of fused-ring (bicyclic) bond motifs is 1. The number of thiophene rings is 1. The van der Waals surface area contributed by atoms with E-state index in [4.69, 9.17) is 9.97 Å². The molecule has 1 unspecified atom stereocenters. The van der Waals surface area contributed by atoms with Crippen molar-refractivity contribution >= 4 is 17.3 Å². The summed E-state index contributed by atoms with van der Waals surface area (Å²) in [6.45, 7) is 4.36. The zero-order valence-corrected chi connectivity index (χ0v) is 15.3. The van der Waals surface area contributed by atoms with Crippen LogP contribution in [0.15, 0.2) is 42.3 Å². The van der Waals surface area contributed by atoms with Crippen LogP contribution < -0.4 is 4.90 Å². The van der Waals surface area contributed by atoms with Crippen LogP contribution >= 0.6 is 11.3 Å². The Kier molecular flexibility index (Phi) is 4.10. The first-order chi connectivity index (χ1) is 12.9. The van der Waals surface area contributed by atoms with Gasteiger partial charge in [0.2, 0.25) is 5.95 Å². The van der Waals surface area contributed by atoms with Crippen molar-refractivity contribution in [3.63, 3.8) is 0 Å². The van der Waals surface area contributed by atoms with E-state index in [0.717, 1.165) is 47.4 Å². The average molecular weight is 364 g/mol. The Balaban J connectivity index is 1.53. The zero-order chi connectivity index (χ0) is 17.3. The topological polar surface area (TPSA) is 58.0 Å². The maximum Gasteiger partial charge on any atom is 0.226 e. The minimum Gasteiger partial charge on any atom is -0.338 e. The molecule has 0 amide bonds. The lowest BCUT2D eigenvalue weighted by atomic mass is 10.1. The van der Waals surface area contributed by atoms with Crippen molar-refractivity contribution in [2.24, 2.45) is 0 Å². The average Bonchev–Trinajstić information content (AvgIpc) is 3.39. The van der Waals surface area contributed by atoms with Gasteiger partial charge in [-0.2, -0.15) is 0 Å². The van der Waals surface area contributed by atoms with Crippen LogP contribution in [0.3, 0.4) is 0 Å². The highest BCUT2D eigenvalue weighted by Crippen LogP contribution is 2.33. The second-order valence-electron chi connectivity index (χ2n) is 6.78. The molecule has 7 heteroatoms.